The van der Waals surface area contributed by atoms with Crippen LogP contribution in [0.1, 0.15) is 20.3 Å². The first-order valence-corrected chi connectivity index (χ1v) is 7.45. The number of fused-ring (bicyclic) bond motifs is 2. The van der Waals surface area contributed by atoms with Crippen molar-refractivity contribution in [2.45, 2.75) is 38.6 Å². The number of hydrogen-bond acceptors (Lipinski definition) is 4. The minimum Gasteiger partial charge on any atom is -0.391 e. The van der Waals surface area contributed by atoms with E-state index in [2.05, 4.69) is 0 Å². The third-order valence-corrected chi connectivity index (χ3v) is 4.89. The zero-order valence-corrected chi connectivity index (χ0v) is 10.6. The fourth-order valence-electron chi connectivity index (χ4n) is 2.77. The van der Waals surface area contributed by atoms with Crippen LogP contribution in [0.2, 0.25) is 0 Å². The maximum atomic E-state index is 11.6. The van der Waals surface area contributed by atoms with E-state index >= 15 is 0 Å². The minimum absolute atomic E-state index is 0.121. The topological polar surface area (TPSA) is 66.8 Å². The highest BCUT2D eigenvalue weighted by molar-refractivity contribution is 7.88. The van der Waals surface area contributed by atoms with Crippen molar-refractivity contribution in [3.63, 3.8) is 0 Å². The molecule has 0 aliphatic carbocycles. The molecule has 2 rings (SSSR count). The second-order valence-electron chi connectivity index (χ2n) is 5.08. The first-order valence-electron chi connectivity index (χ1n) is 5.60. The molecule has 0 aromatic carbocycles. The Morgan fingerprint density at radius 2 is 2.06 bits per heavy atom. The molecule has 0 saturated carbocycles. The molecule has 2 bridgehead atoms. The predicted molar refractivity (Wildman–Crippen MR) is 59.2 cm³/mol. The van der Waals surface area contributed by atoms with Gasteiger partial charge in [-0.2, -0.15) is 4.31 Å². The molecule has 16 heavy (non-hydrogen) atoms. The van der Waals surface area contributed by atoms with Crippen LogP contribution in [0.5, 0.6) is 0 Å². The molecule has 1 N–H and O–H groups in total. The Balaban J connectivity index is 2.27. The lowest BCUT2D eigenvalue weighted by Crippen LogP contribution is -2.55. The summed E-state index contributed by atoms with van der Waals surface area (Å²) in [5, 5.41) is 10.2. The molecule has 5 nitrogen and oxygen atoms in total. The van der Waals surface area contributed by atoms with Crippen LogP contribution in [-0.2, 0) is 14.8 Å². The molecule has 0 amide bonds. The summed E-state index contributed by atoms with van der Waals surface area (Å²) in [5.74, 6) is 0.457. The normalized spacial score (nSPS) is 40.6. The molecule has 0 unspecified atom stereocenters. The maximum Gasteiger partial charge on any atom is 0.213 e. The van der Waals surface area contributed by atoms with E-state index in [9.17, 15) is 13.5 Å². The van der Waals surface area contributed by atoms with Gasteiger partial charge in [0.25, 0.3) is 0 Å². The molecule has 94 valence electrons. The van der Waals surface area contributed by atoms with Gasteiger partial charge in [0.15, 0.2) is 0 Å². The number of nitrogens with zero attached hydrogens (tertiary/aromatic N) is 1. The van der Waals surface area contributed by atoms with Crippen molar-refractivity contribution < 1.29 is 18.3 Å². The summed E-state index contributed by atoms with van der Waals surface area (Å²) in [6.07, 6.45) is 0.760. The summed E-state index contributed by atoms with van der Waals surface area (Å²) in [5.41, 5.74) is 0. The number of rotatable bonds is 2. The molecule has 0 spiro atoms. The summed E-state index contributed by atoms with van der Waals surface area (Å²) in [6, 6.07) is -0.402. The Hall–Kier alpha value is -0.170. The smallest absolute Gasteiger partial charge is 0.213 e. The second-order valence-corrected chi connectivity index (χ2v) is 6.97. The standard InChI is InChI=1S/C10H19NO4S/c1-6(2)7-4-9-11(16(3,13)14)8(5-15-9)10(7)12/h6-10,12H,4-5H2,1-3H3/t7-,8-,9+,10-/m0/s1. The Labute approximate surface area is 96.4 Å². The molecule has 2 fully saturated rings. The van der Waals surface area contributed by atoms with E-state index in [1.165, 1.54) is 10.6 Å². The summed E-state index contributed by atoms with van der Waals surface area (Å²) in [6.45, 7) is 4.40. The zero-order valence-electron chi connectivity index (χ0n) is 9.83. The number of sulfonamides is 1. The van der Waals surface area contributed by atoms with Crippen LogP contribution in [0.15, 0.2) is 0 Å². The van der Waals surface area contributed by atoms with Crippen molar-refractivity contribution in [2.75, 3.05) is 12.9 Å². The van der Waals surface area contributed by atoms with Gasteiger partial charge in [0.1, 0.15) is 6.23 Å². The Kier molecular flexibility index (Phi) is 3.03. The van der Waals surface area contributed by atoms with Crippen molar-refractivity contribution in [1.82, 2.24) is 4.31 Å². The van der Waals surface area contributed by atoms with Crippen LogP contribution < -0.4 is 0 Å². The van der Waals surface area contributed by atoms with E-state index in [-0.39, 0.29) is 12.1 Å². The van der Waals surface area contributed by atoms with Gasteiger partial charge in [-0.05, 0) is 18.3 Å². The molecule has 0 radical (unpaired) electrons. The number of piperidine rings is 1. The van der Waals surface area contributed by atoms with Crippen LogP contribution in [-0.4, -0.2) is 49.1 Å². The van der Waals surface area contributed by atoms with Crippen LogP contribution in [0, 0.1) is 11.8 Å². The van der Waals surface area contributed by atoms with Gasteiger partial charge in [-0.1, -0.05) is 13.8 Å². The predicted octanol–water partition coefficient (Wildman–Crippen LogP) is 0.00970. The van der Waals surface area contributed by atoms with Gasteiger partial charge in [0.2, 0.25) is 10.0 Å². The highest BCUT2D eigenvalue weighted by atomic mass is 32.2. The summed E-state index contributed by atoms with van der Waals surface area (Å²) < 4.78 is 30.0. The van der Waals surface area contributed by atoms with Crippen molar-refractivity contribution >= 4 is 10.0 Å². The molecule has 2 heterocycles. The number of ether oxygens (including phenoxy) is 1. The van der Waals surface area contributed by atoms with Crippen molar-refractivity contribution in [3.8, 4) is 0 Å². The number of aliphatic hydroxyl groups is 1. The minimum atomic E-state index is -3.30. The average molecular weight is 249 g/mol. The van der Waals surface area contributed by atoms with Crippen molar-refractivity contribution in [2.24, 2.45) is 11.8 Å². The summed E-state index contributed by atoms with van der Waals surface area (Å²) >= 11 is 0. The summed E-state index contributed by atoms with van der Waals surface area (Å²) in [7, 11) is -3.30. The highest BCUT2D eigenvalue weighted by Crippen LogP contribution is 2.39. The van der Waals surface area contributed by atoms with Gasteiger partial charge < -0.3 is 9.84 Å². The number of aliphatic hydroxyl groups excluding tert-OH is 1. The first kappa shape index (κ1) is 12.3. The van der Waals surface area contributed by atoms with Gasteiger partial charge in [0.05, 0.1) is 25.0 Å². The number of hydrogen-bond donors (Lipinski definition) is 1. The highest BCUT2D eigenvalue weighted by Gasteiger charge is 2.52. The monoisotopic (exact) mass is 249 g/mol. The first-order chi connectivity index (χ1) is 7.32. The third kappa shape index (κ3) is 1.88. The molecule has 4 atom stereocenters. The molecule has 2 saturated heterocycles. The van der Waals surface area contributed by atoms with Gasteiger partial charge in [-0.25, -0.2) is 8.42 Å². The SMILES string of the molecule is CC(C)[C@@H]1C[C@H]2OC[C@@H]([C@H]1O)N2S(C)(=O)=O. The van der Waals surface area contributed by atoms with Gasteiger partial charge >= 0.3 is 0 Å². The fourth-order valence-corrected chi connectivity index (χ4v) is 4.03. The molecule has 0 aromatic heterocycles. The quantitative estimate of drug-likeness (QED) is 0.748. The Bertz CT molecular complexity index is 367. The van der Waals surface area contributed by atoms with Crippen LogP contribution in [0.4, 0.5) is 0 Å². The van der Waals surface area contributed by atoms with Crippen LogP contribution in [0.3, 0.4) is 0 Å². The summed E-state index contributed by atoms with van der Waals surface area (Å²) in [4.78, 5) is 0. The van der Waals surface area contributed by atoms with E-state index in [0.717, 1.165) is 0 Å². The molecule has 6 heteroatoms. The average Bonchev–Trinajstić information content (AvgIpc) is 2.48. The van der Waals surface area contributed by atoms with E-state index in [1.54, 1.807) is 0 Å². The second kappa shape index (κ2) is 3.94. The van der Waals surface area contributed by atoms with Crippen LogP contribution >= 0.6 is 0 Å². The Morgan fingerprint density at radius 3 is 2.56 bits per heavy atom. The molecular weight excluding hydrogens is 230 g/mol. The fraction of sp³-hybridized carbons (Fsp3) is 1.00. The lowest BCUT2D eigenvalue weighted by atomic mass is 9.82. The van der Waals surface area contributed by atoms with E-state index in [1.807, 2.05) is 13.8 Å². The van der Waals surface area contributed by atoms with Gasteiger partial charge in [-0.3, -0.25) is 0 Å². The largest absolute Gasteiger partial charge is 0.391 e. The third-order valence-electron chi connectivity index (χ3n) is 3.62. The zero-order chi connectivity index (χ0) is 12.1. The van der Waals surface area contributed by atoms with E-state index < -0.39 is 22.2 Å². The van der Waals surface area contributed by atoms with E-state index in [0.29, 0.717) is 18.9 Å². The lowest BCUT2D eigenvalue weighted by molar-refractivity contribution is -0.0337. The molecule has 2 aliphatic rings. The lowest BCUT2D eigenvalue weighted by Gasteiger charge is -2.40. The van der Waals surface area contributed by atoms with Crippen molar-refractivity contribution in [1.29, 1.82) is 0 Å². The molecule has 2 aliphatic heterocycles. The van der Waals surface area contributed by atoms with E-state index in [4.69, 9.17) is 4.74 Å². The van der Waals surface area contributed by atoms with Gasteiger partial charge in [0, 0.05) is 0 Å². The Morgan fingerprint density at radius 1 is 1.44 bits per heavy atom. The molecular formula is C10H19NO4S. The van der Waals surface area contributed by atoms with Gasteiger partial charge in [-0.15, -0.1) is 0 Å². The van der Waals surface area contributed by atoms with Crippen molar-refractivity contribution in [3.05, 3.63) is 0 Å². The molecule has 0 aromatic rings. The van der Waals surface area contributed by atoms with Crippen LogP contribution in [0.25, 0.3) is 0 Å². The maximum absolute atomic E-state index is 11.6.